The smallest absolute Gasteiger partial charge is 0.335 e. The molecule has 1 saturated heterocycles. The van der Waals surface area contributed by atoms with Crippen LogP contribution in [0.3, 0.4) is 0 Å². The number of nitrogens with one attached hydrogen (secondary N) is 1. The maximum Gasteiger partial charge on any atom is 0.335 e. The minimum absolute atomic E-state index is 0.185. The van der Waals surface area contributed by atoms with Crippen LogP contribution in [0.2, 0.25) is 5.02 Å². The number of imide groups is 2. The first-order valence-electron chi connectivity index (χ1n) is 8.42. The highest BCUT2D eigenvalue weighted by molar-refractivity contribution is 6.39. The van der Waals surface area contributed by atoms with Crippen LogP contribution in [0.1, 0.15) is 12.5 Å². The molecule has 28 heavy (non-hydrogen) atoms. The number of rotatable bonds is 5. The third-order valence-corrected chi connectivity index (χ3v) is 4.29. The number of hydrogen-bond acceptors (Lipinski definition) is 5. The predicted octanol–water partition coefficient (Wildman–Crippen LogP) is 3.41. The van der Waals surface area contributed by atoms with Crippen LogP contribution >= 0.6 is 11.6 Å². The Morgan fingerprint density at radius 2 is 1.82 bits per heavy atom. The highest BCUT2D eigenvalue weighted by Gasteiger charge is 2.36. The number of barbiturate groups is 1. The molecule has 3 rings (SSSR count). The summed E-state index contributed by atoms with van der Waals surface area (Å²) >= 11 is 6.09. The Balaban J connectivity index is 1.94. The maximum absolute atomic E-state index is 12.9. The van der Waals surface area contributed by atoms with Gasteiger partial charge >= 0.3 is 6.03 Å². The highest BCUT2D eigenvalue weighted by Crippen LogP contribution is 2.28. The van der Waals surface area contributed by atoms with Gasteiger partial charge in [-0.05, 0) is 55.0 Å². The number of carbonyl (C=O) groups is 3. The van der Waals surface area contributed by atoms with Crippen LogP contribution in [0.5, 0.6) is 11.5 Å². The van der Waals surface area contributed by atoms with Crippen LogP contribution in [0, 0.1) is 0 Å². The number of methoxy groups -OCH3 is 1. The number of amides is 4. The van der Waals surface area contributed by atoms with Crippen LogP contribution in [-0.4, -0.2) is 31.6 Å². The van der Waals surface area contributed by atoms with Gasteiger partial charge in [-0.15, -0.1) is 0 Å². The molecular weight excluding hydrogens is 384 g/mol. The van der Waals surface area contributed by atoms with Crippen LogP contribution < -0.4 is 19.7 Å². The number of ether oxygens (including phenoxy) is 2. The SMILES string of the molecule is CCOc1ccc(N2C(=O)NC(=O)/C(=C/c3ccc(OC)c(Cl)c3)C2=O)cc1. The number of hydrogen-bond donors (Lipinski definition) is 1. The molecule has 1 aliphatic heterocycles. The molecule has 1 aliphatic rings. The third kappa shape index (κ3) is 3.84. The Kier molecular flexibility index (Phi) is 5.65. The zero-order valence-electron chi connectivity index (χ0n) is 15.2. The van der Waals surface area contributed by atoms with Crippen molar-refractivity contribution in [1.29, 1.82) is 0 Å². The molecule has 8 heteroatoms. The number of urea groups is 1. The van der Waals surface area contributed by atoms with Gasteiger partial charge in [0.15, 0.2) is 0 Å². The van der Waals surface area contributed by atoms with Gasteiger partial charge in [0.1, 0.15) is 17.1 Å². The van der Waals surface area contributed by atoms with Crippen LogP contribution in [0.25, 0.3) is 6.08 Å². The first-order valence-corrected chi connectivity index (χ1v) is 8.80. The number of anilines is 1. The first-order chi connectivity index (χ1) is 13.4. The van der Waals surface area contributed by atoms with Crippen molar-refractivity contribution in [3.05, 3.63) is 58.6 Å². The Hall–Kier alpha value is -3.32. The van der Waals surface area contributed by atoms with Crippen molar-refractivity contribution in [3.8, 4) is 11.5 Å². The van der Waals surface area contributed by atoms with Gasteiger partial charge in [0.05, 0.1) is 24.4 Å². The average molecular weight is 401 g/mol. The Morgan fingerprint density at radius 1 is 1.11 bits per heavy atom. The molecule has 0 aliphatic carbocycles. The van der Waals surface area contributed by atoms with Crippen molar-refractivity contribution < 1.29 is 23.9 Å². The van der Waals surface area contributed by atoms with E-state index in [4.69, 9.17) is 21.1 Å². The van der Waals surface area contributed by atoms with E-state index in [-0.39, 0.29) is 5.57 Å². The molecule has 0 unspecified atom stereocenters. The molecule has 0 aromatic heterocycles. The zero-order valence-corrected chi connectivity index (χ0v) is 15.9. The summed E-state index contributed by atoms with van der Waals surface area (Å²) in [5.41, 5.74) is 0.650. The molecule has 144 valence electrons. The molecule has 4 amide bonds. The van der Waals surface area contributed by atoms with E-state index in [1.165, 1.54) is 13.2 Å². The Morgan fingerprint density at radius 3 is 2.43 bits per heavy atom. The summed E-state index contributed by atoms with van der Waals surface area (Å²) in [4.78, 5) is 38.2. The molecule has 2 aromatic carbocycles. The lowest BCUT2D eigenvalue weighted by molar-refractivity contribution is -0.122. The van der Waals surface area contributed by atoms with Gasteiger partial charge < -0.3 is 9.47 Å². The molecule has 0 radical (unpaired) electrons. The van der Waals surface area contributed by atoms with Crippen molar-refractivity contribution >= 4 is 41.2 Å². The van der Waals surface area contributed by atoms with E-state index >= 15 is 0 Å². The first kappa shape index (κ1) is 19.4. The Bertz CT molecular complexity index is 969. The van der Waals surface area contributed by atoms with E-state index in [2.05, 4.69) is 5.32 Å². The van der Waals surface area contributed by atoms with Gasteiger partial charge in [0, 0.05) is 0 Å². The summed E-state index contributed by atoms with van der Waals surface area (Å²) in [6.07, 6.45) is 1.37. The molecule has 1 heterocycles. The van der Waals surface area contributed by atoms with E-state index in [9.17, 15) is 14.4 Å². The van der Waals surface area contributed by atoms with Crippen LogP contribution in [-0.2, 0) is 9.59 Å². The number of nitrogens with zero attached hydrogens (tertiary/aromatic N) is 1. The number of benzene rings is 2. The second-order valence-corrected chi connectivity index (χ2v) is 6.19. The van der Waals surface area contributed by atoms with Crippen LogP contribution in [0.4, 0.5) is 10.5 Å². The highest BCUT2D eigenvalue weighted by atomic mass is 35.5. The van der Waals surface area contributed by atoms with Crippen LogP contribution in [0.15, 0.2) is 48.0 Å². The molecule has 2 aromatic rings. The topological polar surface area (TPSA) is 84.9 Å². The van der Waals surface area contributed by atoms with Crippen molar-refractivity contribution in [2.24, 2.45) is 0 Å². The molecular formula is C20H17ClN2O5. The average Bonchev–Trinajstić information content (AvgIpc) is 2.67. The number of halogens is 1. The monoisotopic (exact) mass is 400 g/mol. The zero-order chi connectivity index (χ0) is 20.3. The Labute approximate surface area is 166 Å². The second kappa shape index (κ2) is 8.14. The minimum Gasteiger partial charge on any atom is -0.495 e. The molecule has 1 N–H and O–H groups in total. The largest absolute Gasteiger partial charge is 0.495 e. The van der Waals surface area contributed by atoms with Gasteiger partial charge in [-0.3, -0.25) is 14.9 Å². The minimum atomic E-state index is -0.816. The van der Waals surface area contributed by atoms with Crippen molar-refractivity contribution in [2.75, 3.05) is 18.6 Å². The van der Waals surface area contributed by atoms with Gasteiger partial charge in [-0.2, -0.15) is 0 Å². The summed E-state index contributed by atoms with van der Waals surface area (Å²) < 4.78 is 10.4. The van der Waals surface area contributed by atoms with E-state index in [0.717, 1.165) is 4.90 Å². The van der Waals surface area contributed by atoms with Crippen molar-refractivity contribution in [2.45, 2.75) is 6.92 Å². The van der Waals surface area contributed by atoms with Gasteiger partial charge in [-0.25, -0.2) is 9.69 Å². The summed E-state index contributed by atoms with van der Waals surface area (Å²) in [7, 11) is 1.48. The number of carbonyl (C=O) groups excluding carboxylic acids is 3. The predicted molar refractivity (Wildman–Crippen MR) is 105 cm³/mol. The molecule has 7 nitrogen and oxygen atoms in total. The lowest BCUT2D eigenvalue weighted by Gasteiger charge is -2.26. The molecule has 0 atom stereocenters. The van der Waals surface area contributed by atoms with Crippen molar-refractivity contribution in [3.63, 3.8) is 0 Å². The lowest BCUT2D eigenvalue weighted by Crippen LogP contribution is -2.54. The van der Waals surface area contributed by atoms with Gasteiger partial charge in [0.2, 0.25) is 0 Å². The quantitative estimate of drug-likeness (QED) is 0.614. The van der Waals surface area contributed by atoms with Crippen molar-refractivity contribution in [1.82, 2.24) is 5.32 Å². The standard InChI is InChI=1S/C20H17ClN2O5/c1-3-28-14-7-5-13(6-8-14)23-19(25)15(18(24)22-20(23)26)10-12-4-9-17(27-2)16(21)11-12/h4-11H,3H2,1-2H3,(H,22,24,26)/b15-10-. The molecule has 0 bridgehead atoms. The molecule has 0 spiro atoms. The second-order valence-electron chi connectivity index (χ2n) is 5.78. The summed E-state index contributed by atoms with van der Waals surface area (Å²) in [5, 5.41) is 2.51. The fourth-order valence-electron chi connectivity index (χ4n) is 2.69. The fourth-order valence-corrected chi connectivity index (χ4v) is 2.96. The molecule has 0 saturated carbocycles. The molecule has 1 fully saturated rings. The maximum atomic E-state index is 12.9. The normalized spacial score (nSPS) is 15.6. The lowest BCUT2D eigenvalue weighted by atomic mass is 10.1. The fraction of sp³-hybridized carbons (Fsp3) is 0.150. The summed E-state index contributed by atoms with van der Waals surface area (Å²) in [6.45, 7) is 2.35. The summed E-state index contributed by atoms with van der Waals surface area (Å²) in [5.74, 6) is -0.431. The van der Waals surface area contributed by atoms with Gasteiger partial charge in [-0.1, -0.05) is 17.7 Å². The van der Waals surface area contributed by atoms with E-state index in [0.29, 0.717) is 34.4 Å². The summed E-state index contributed by atoms with van der Waals surface area (Å²) in [6, 6.07) is 10.4. The van der Waals surface area contributed by atoms with E-state index < -0.39 is 17.8 Å². The van der Waals surface area contributed by atoms with E-state index in [1.54, 1.807) is 42.5 Å². The van der Waals surface area contributed by atoms with Gasteiger partial charge in [0.25, 0.3) is 11.8 Å². The van der Waals surface area contributed by atoms with E-state index in [1.807, 2.05) is 6.92 Å². The third-order valence-electron chi connectivity index (χ3n) is 3.99.